The van der Waals surface area contributed by atoms with Gasteiger partial charge in [-0.2, -0.15) is 5.10 Å². The van der Waals surface area contributed by atoms with Gasteiger partial charge in [-0.05, 0) is 48.1 Å². The molecular formula is C19H21F2N3O. The molecule has 1 amide bonds. The number of nitrogens with zero attached hydrogens (tertiary/aromatic N) is 2. The standard InChI is InChI=1S/C19H21F2N3O/c1-19(11-7-8-11)9-14(19)12-5-3-4-6-15(12)22-18(25)13-10-24(2)23-16(13)17(20)21/h3-6,10-11,14,17H,7-9H2,1-2H3,(H,22,25)/t14-,19+/m1/s1. The fourth-order valence-electron chi connectivity index (χ4n) is 3.99. The van der Waals surface area contributed by atoms with Crippen LogP contribution in [-0.4, -0.2) is 15.7 Å². The van der Waals surface area contributed by atoms with Crippen molar-refractivity contribution >= 4 is 11.6 Å². The first-order chi connectivity index (χ1) is 11.9. The Morgan fingerprint density at radius 3 is 2.76 bits per heavy atom. The van der Waals surface area contributed by atoms with Gasteiger partial charge in [-0.3, -0.25) is 9.48 Å². The number of hydrogen-bond acceptors (Lipinski definition) is 2. The van der Waals surface area contributed by atoms with Crippen LogP contribution in [0.15, 0.2) is 30.5 Å². The predicted octanol–water partition coefficient (Wildman–Crippen LogP) is 4.51. The van der Waals surface area contributed by atoms with Crippen molar-refractivity contribution in [3.63, 3.8) is 0 Å². The van der Waals surface area contributed by atoms with Gasteiger partial charge in [-0.1, -0.05) is 25.1 Å². The number of amides is 1. The summed E-state index contributed by atoms with van der Waals surface area (Å²) in [5.74, 6) is 0.676. The average molecular weight is 345 g/mol. The topological polar surface area (TPSA) is 46.9 Å². The molecule has 0 saturated heterocycles. The molecule has 2 saturated carbocycles. The molecule has 4 rings (SSSR count). The van der Waals surface area contributed by atoms with E-state index in [0.717, 1.165) is 17.9 Å². The molecule has 0 radical (unpaired) electrons. The fourth-order valence-corrected chi connectivity index (χ4v) is 3.99. The summed E-state index contributed by atoms with van der Waals surface area (Å²) >= 11 is 0. The van der Waals surface area contributed by atoms with Gasteiger partial charge in [0.05, 0.1) is 5.56 Å². The molecular weight excluding hydrogens is 324 g/mol. The molecule has 132 valence electrons. The number of benzene rings is 1. The van der Waals surface area contributed by atoms with E-state index in [-0.39, 0.29) is 5.56 Å². The van der Waals surface area contributed by atoms with Crippen LogP contribution in [0.2, 0.25) is 0 Å². The molecule has 0 bridgehead atoms. The van der Waals surface area contributed by atoms with Crippen LogP contribution in [0.3, 0.4) is 0 Å². The number of carbonyl (C=O) groups excluding carboxylic acids is 1. The first-order valence-corrected chi connectivity index (χ1v) is 8.62. The number of alkyl halides is 2. The van der Waals surface area contributed by atoms with Crippen molar-refractivity contribution in [3.8, 4) is 0 Å². The average Bonchev–Trinajstić information content (AvgIpc) is 3.47. The zero-order chi connectivity index (χ0) is 17.8. The summed E-state index contributed by atoms with van der Waals surface area (Å²) in [6, 6.07) is 7.70. The third-order valence-corrected chi connectivity index (χ3v) is 5.68. The summed E-state index contributed by atoms with van der Waals surface area (Å²) < 4.78 is 27.4. The van der Waals surface area contributed by atoms with Gasteiger partial charge in [0.1, 0.15) is 5.69 Å². The highest BCUT2D eigenvalue weighted by atomic mass is 19.3. The fraction of sp³-hybridized carbons (Fsp3) is 0.474. The lowest BCUT2D eigenvalue weighted by molar-refractivity contribution is 0.101. The van der Waals surface area contributed by atoms with E-state index in [4.69, 9.17) is 0 Å². The van der Waals surface area contributed by atoms with Gasteiger partial charge < -0.3 is 5.32 Å². The second kappa shape index (κ2) is 5.64. The maximum absolute atomic E-state index is 13.1. The largest absolute Gasteiger partial charge is 0.322 e. The molecule has 1 N–H and O–H groups in total. The monoisotopic (exact) mass is 345 g/mol. The highest BCUT2D eigenvalue weighted by Gasteiger charge is 2.59. The number of aryl methyl sites for hydroxylation is 1. The van der Waals surface area contributed by atoms with Crippen LogP contribution >= 0.6 is 0 Å². The lowest BCUT2D eigenvalue weighted by atomic mass is 9.95. The van der Waals surface area contributed by atoms with Gasteiger partial charge in [0.2, 0.25) is 0 Å². The van der Waals surface area contributed by atoms with E-state index in [2.05, 4.69) is 17.3 Å². The SMILES string of the molecule is Cn1cc(C(=O)Nc2ccccc2[C@H]2C[C@@]2(C)C2CC2)c(C(F)F)n1. The van der Waals surface area contributed by atoms with Crippen LogP contribution in [0, 0.1) is 11.3 Å². The van der Waals surface area contributed by atoms with Crippen molar-refractivity contribution in [2.24, 2.45) is 18.4 Å². The second-order valence-electron chi connectivity index (χ2n) is 7.48. The zero-order valence-electron chi connectivity index (χ0n) is 14.3. The van der Waals surface area contributed by atoms with Crippen LogP contribution < -0.4 is 5.32 Å². The highest BCUT2D eigenvalue weighted by Crippen LogP contribution is 2.70. The van der Waals surface area contributed by atoms with Gasteiger partial charge in [-0.25, -0.2) is 8.78 Å². The first-order valence-electron chi connectivity index (χ1n) is 8.62. The number of anilines is 1. The Morgan fingerprint density at radius 2 is 2.08 bits per heavy atom. The Bertz CT molecular complexity index is 828. The van der Waals surface area contributed by atoms with Crippen molar-refractivity contribution in [2.45, 2.75) is 38.5 Å². The van der Waals surface area contributed by atoms with Gasteiger partial charge in [-0.15, -0.1) is 0 Å². The van der Waals surface area contributed by atoms with E-state index >= 15 is 0 Å². The number of halogens is 2. The minimum Gasteiger partial charge on any atom is -0.322 e. The van der Waals surface area contributed by atoms with Gasteiger partial charge in [0.15, 0.2) is 0 Å². The third kappa shape index (κ3) is 2.83. The van der Waals surface area contributed by atoms with Crippen molar-refractivity contribution in [1.82, 2.24) is 9.78 Å². The quantitative estimate of drug-likeness (QED) is 0.866. The molecule has 2 fully saturated rings. The molecule has 0 unspecified atom stereocenters. The van der Waals surface area contributed by atoms with E-state index in [9.17, 15) is 13.6 Å². The zero-order valence-corrected chi connectivity index (χ0v) is 14.3. The Labute approximate surface area is 145 Å². The van der Waals surface area contributed by atoms with E-state index in [1.807, 2.05) is 24.3 Å². The number of hydrogen-bond donors (Lipinski definition) is 1. The molecule has 6 heteroatoms. The summed E-state index contributed by atoms with van der Waals surface area (Å²) in [6.07, 6.45) is 2.26. The molecule has 25 heavy (non-hydrogen) atoms. The van der Waals surface area contributed by atoms with Crippen LogP contribution in [0.1, 0.15) is 60.1 Å². The van der Waals surface area contributed by atoms with E-state index < -0.39 is 18.0 Å². The summed E-state index contributed by atoms with van der Waals surface area (Å²) in [5.41, 5.74) is 1.59. The predicted molar refractivity (Wildman–Crippen MR) is 90.7 cm³/mol. The first kappa shape index (κ1) is 16.2. The highest BCUT2D eigenvalue weighted by molar-refractivity contribution is 6.05. The molecule has 0 aliphatic heterocycles. The molecule has 2 aliphatic carbocycles. The van der Waals surface area contributed by atoms with E-state index in [1.165, 1.54) is 30.8 Å². The second-order valence-corrected chi connectivity index (χ2v) is 7.48. The number of para-hydroxylation sites is 1. The van der Waals surface area contributed by atoms with Gasteiger partial charge >= 0.3 is 0 Å². The number of carbonyl (C=O) groups is 1. The minimum absolute atomic E-state index is 0.0759. The van der Waals surface area contributed by atoms with Crippen LogP contribution in [0.5, 0.6) is 0 Å². The Balaban J connectivity index is 1.59. The van der Waals surface area contributed by atoms with Crippen molar-refractivity contribution in [3.05, 3.63) is 47.3 Å². The summed E-state index contributed by atoms with van der Waals surface area (Å²) in [5, 5.41) is 6.53. The van der Waals surface area contributed by atoms with Crippen LogP contribution in [0.4, 0.5) is 14.5 Å². The Hall–Kier alpha value is -2.24. The smallest absolute Gasteiger partial charge is 0.282 e. The molecule has 1 aromatic carbocycles. The van der Waals surface area contributed by atoms with E-state index in [0.29, 0.717) is 17.0 Å². The summed E-state index contributed by atoms with van der Waals surface area (Å²) in [6.45, 7) is 2.31. The van der Waals surface area contributed by atoms with Crippen LogP contribution in [0.25, 0.3) is 0 Å². The van der Waals surface area contributed by atoms with Gasteiger partial charge in [0.25, 0.3) is 12.3 Å². The van der Waals surface area contributed by atoms with Crippen LogP contribution in [-0.2, 0) is 7.05 Å². The molecule has 1 aromatic heterocycles. The van der Waals surface area contributed by atoms with E-state index in [1.54, 1.807) is 0 Å². The van der Waals surface area contributed by atoms with Crippen molar-refractivity contribution in [1.29, 1.82) is 0 Å². The molecule has 0 spiro atoms. The normalized spacial score (nSPS) is 25.2. The maximum Gasteiger partial charge on any atom is 0.282 e. The molecule has 2 aliphatic rings. The third-order valence-electron chi connectivity index (χ3n) is 5.68. The summed E-state index contributed by atoms with van der Waals surface area (Å²) in [4.78, 5) is 12.6. The number of nitrogens with one attached hydrogen (secondary N) is 1. The Kier molecular flexibility index (Phi) is 3.67. The van der Waals surface area contributed by atoms with Crippen molar-refractivity contribution < 1.29 is 13.6 Å². The molecule has 2 aromatic rings. The lowest BCUT2D eigenvalue weighted by Crippen LogP contribution is -2.15. The molecule has 4 nitrogen and oxygen atoms in total. The number of aromatic nitrogens is 2. The number of rotatable bonds is 5. The molecule has 2 atom stereocenters. The molecule has 1 heterocycles. The maximum atomic E-state index is 13.1. The summed E-state index contributed by atoms with van der Waals surface area (Å²) in [7, 11) is 1.53. The minimum atomic E-state index is -2.78. The van der Waals surface area contributed by atoms with Crippen molar-refractivity contribution in [2.75, 3.05) is 5.32 Å². The Morgan fingerprint density at radius 1 is 1.36 bits per heavy atom. The lowest BCUT2D eigenvalue weighted by Gasteiger charge is -2.14. The van der Waals surface area contributed by atoms with Gasteiger partial charge in [0, 0.05) is 18.9 Å².